The number of nitrogens with zero attached hydrogens (tertiary/aromatic N) is 1. The van der Waals surface area contributed by atoms with Crippen molar-refractivity contribution in [1.82, 2.24) is 20.3 Å². The first kappa shape index (κ1) is 43.2. The van der Waals surface area contributed by atoms with Gasteiger partial charge in [0.1, 0.15) is 23.8 Å². The van der Waals surface area contributed by atoms with E-state index in [1.54, 1.807) is 0 Å². The SMILES string of the molecule is CCCC(CCC)S(=O)(=O)C[C@H](NC(=O)OC1CCN(S(C)(=O)=O)CC1)C(=O)N[C@@H](Cc1cc(F)cc(F)c1)[C@H](O)CNCc1cccc(CC)c1. The molecule has 52 heavy (non-hydrogen) atoms. The Morgan fingerprint density at radius 1 is 0.923 bits per heavy atom. The van der Waals surface area contributed by atoms with Crippen LogP contribution in [0.3, 0.4) is 0 Å². The van der Waals surface area contributed by atoms with Gasteiger partial charge in [-0.3, -0.25) is 4.79 Å². The van der Waals surface area contributed by atoms with Crippen molar-refractivity contribution in [3.8, 4) is 0 Å². The molecule has 0 aromatic heterocycles. The van der Waals surface area contributed by atoms with E-state index in [9.17, 15) is 40.3 Å². The molecule has 4 N–H and O–H groups in total. The molecule has 0 bridgehead atoms. The molecule has 3 rings (SSSR count). The summed E-state index contributed by atoms with van der Waals surface area (Å²) < 4.78 is 86.2. The van der Waals surface area contributed by atoms with E-state index in [0.717, 1.165) is 35.9 Å². The standard InChI is InChI=1S/C36H54F2N4O8S2/c1-5-9-31(10-6-2)52(48,49)24-33(41-36(45)50-30-13-15-42(16-14-30)51(4,46)47)35(44)40-32(20-27-18-28(37)21-29(38)19-27)34(43)23-39-22-26-12-8-11-25(7-3)17-26/h8,11-12,17-19,21,30-34,39,43H,5-7,9-10,13-16,20,22-24H2,1-4H3,(H,40,44)(H,41,45)/t32-,33-,34+/m0/s1. The van der Waals surface area contributed by atoms with Gasteiger partial charge in [0.15, 0.2) is 9.84 Å². The molecule has 1 fully saturated rings. The van der Waals surface area contributed by atoms with Gasteiger partial charge in [0.25, 0.3) is 0 Å². The Morgan fingerprint density at radius 3 is 2.12 bits per heavy atom. The van der Waals surface area contributed by atoms with Gasteiger partial charge in [-0.2, -0.15) is 0 Å². The van der Waals surface area contributed by atoms with Gasteiger partial charge in [-0.05, 0) is 67.3 Å². The maximum atomic E-state index is 14.2. The van der Waals surface area contributed by atoms with Gasteiger partial charge in [-0.1, -0.05) is 57.9 Å². The number of nitrogens with one attached hydrogen (secondary N) is 3. The number of aliphatic hydroxyl groups excluding tert-OH is 1. The first-order valence-electron chi connectivity index (χ1n) is 17.9. The number of alkyl carbamates (subject to hydrolysis) is 1. The molecule has 3 atom stereocenters. The first-order valence-corrected chi connectivity index (χ1v) is 21.5. The van der Waals surface area contributed by atoms with Crippen molar-refractivity contribution in [3.63, 3.8) is 0 Å². The van der Waals surface area contributed by atoms with Crippen molar-refractivity contribution in [3.05, 3.63) is 70.8 Å². The van der Waals surface area contributed by atoms with E-state index in [4.69, 9.17) is 4.74 Å². The largest absolute Gasteiger partial charge is 0.446 e. The summed E-state index contributed by atoms with van der Waals surface area (Å²) in [6.07, 6.45) is 0.959. The molecule has 0 spiro atoms. The maximum Gasteiger partial charge on any atom is 0.408 e. The predicted octanol–water partition coefficient (Wildman–Crippen LogP) is 3.61. The molecule has 1 aliphatic rings. The van der Waals surface area contributed by atoms with E-state index in [0.29, 0.717) is 38.3 Å². The number of hydrogen-bond donors (Lipinski definition) is 4. The number of sulfonamides is 1. The fourth-order valence-electron chi connectivity index (χ4n) is 6.32. The number of carbonyl (C=O) groups excluding carboxylic acids is 2. The number of amides is 2. The highest BCUT2D eigenvalue weighted by molar-refractivity contribution is 7.92. The third kappa shape index (κ3) is 14.0. The summed E-state index contributed by atoms with van der Waals surface area (Å²) in [5, 5.41) is 18.7. The van der Waals surface area contributed by atoms with Crippen molar-refractivity contribution in [1.29, 1.82) is 0 Å². The van der Waals surface area contributed by atoms with Crippen LogP contribution in [0, 0.1) is 11.6 Å². The number of benzene rings is 2. The average Bonchev–Trinajstić information content (AvgIpc) is 3.07. The molecule has 0 aliphatic carbocycles. The minimum absolute atomic E-state index is 0.0429. The van der Waals surface area contributed by atoms with Crippen molar-refractivity contribution in [2.24, 2.45) is 0 Å². The smallest absolute Gasteiger partial charge is 0.408 e. The lowest BCUT2D eigenvalue weighted by atomic mass is 10.00. The molecule has 12 nitrogen and oxygen atoms in total. The van der Waals surface area contributed by atoms with E-state index >= 15 is 0 Å². The third-order valence-electron chi connectivity index (χ3n) is 9.13. The van der Waals surface area contributed by atoms with E-state index < -0.39 is 78.8 Å². The quantitative estimate of drug-likeness (QED) is 0.157. The number of piperidine rings is 1. The number of aliphatic hydroxyl groups is 1. The molecule has 0 saturated carbocycles. The van der Waals surface area contributed by atoms with E-state index in [1.807, 2.05) is 45.0 Å². The van der Waals surface area contributed by atoms with Crippen LogP contribution in [0.15, 0.2) is 42.5 Å². The van der Waals surface area contributed by atoms with Crippen LogP contribution in [0.25, 0.3) is 0 Å². The second-order valence-corrected chi connectivity index (χ2v) is 17.8. The summed E-state index contributed by atoms with van der Waals surface area (Å²) >= 11 is 0. The number of hydrogen-bond acceptors (Lipinski definition) is 9. The highest BCUT2D eigenvalue weighted by Crippen LogP contribution is 2.19. The molecule has 2 amide bonds. The van der Waals surface area contributed by atoms with Crippen molar-refractivity contribution < 1.29 is 45.0 Å². The van der Waals surface area contributed by atoms with E-state index in [1.165, 1.54) is 4.31 Å². The number of sulfone groups is 1. The Hall–Kier alpha value is -3.18. The summed E-state index contributed by atoms with van der Waals surface area (Å²) in [5.41, 5.74) is 2.23. The van der Waals surface area contributed by atoms with Crippen LogP contribution in [0.5, 0.6) is 0 Å². The van der Waals surface area contributed by atoms with Crippen LogP contribution in [0.1, 0.15) is 76.0 Å². The Labute approximate surface area is 307 Å². The highest BCUT2D eigenvalue weighted by atomic mass is 32.2. The average molecular weight is 773 g/mol. The summed E-state index contributed by atoms with van der Waals surface area (Å²) in [6, 6.07) is 7.90. The zero-order valence-electron chi connectivity index (χ0n) is 30.4. The van der Waals surface area contributed by atoms with Gasteiger partial charge in [0.2, 0.25) is 15.9 Å². The topological polar surface area (TPSA) is 171 Å². The number of ether oxygens (including phenoxy) is 1. The van der Waals surface area contributed by atoms with Gasteiger partial charge in [-0.25, -0.2) is 34.7 Å². The maximum absolute atomic E-state index is 14.2. The zero-order chi connectivity index (χ0) is 38.5. The first-order chi connectivity index (χ1) is 24.5. The molecule has 0 radical (unpaired) electrons. The van der Waals surface area contributed by atoms with E-state index in [2.05, 4.69) is 16.0 Å². The molecule has 292 valence electrons. The lowest BCUT2D eigenvalue weighted by Gasteiger charge is -2.31. The van der Waals surface area contributed by atoms with Crippen LogP contribution >= 0.6 is 0 Å². The molecule has 16 heteroatoms. The second kappa shape index (κ2) is 20.3. The van der Waals surface area contributed by atoms with Crippen molar-refractivity contribution in [2.75, 3.05) is 31.6 Å². The Balaban J connectivity index is 1.84. The molecule has 1 heterocycles. The molecule has 2 aromatic carbocycles. The number of rotatable bonds is 20. The van der Waals surface area contributed by atoms with Crippen LogP contribution in [0.2, 0.25) is 0 Å². The molecule has 0 unspecified atom stereocenters. The van der Waals surface area contributed by atoms with Crippen LogP contribution in [-0.4, -0.2) is 99.4 Å². The fourth-order valence-corrected chi connectivity index (χ4v) is 9.36. The monoisotopic (exact) mass is 772 g/mol. The van der Waals surface area contributed by atoms with Gasteiger partial charge >= 0.3 is 6.09 Å². The minimum atomic E-state index is -3.95. The molecular formula is C36H54F2N4O8S2. The Morgan fingerprint density at radius 2 is 1.54 bits per heavy atom. The van der Waals surface area contributed by atoms with Crippen LogP contribution in [-0.2, 0) is 48.8 Å². The van der Waals surface area contributed by atoms with Gasteiger partial charge in [0, 0.05) is 32.2 Å². The summed E-state index contributed by atoms with van der Waals surface area (Å²) in [7, 11) is -7.37. The van der Waals surface area contributed by atoms with Crippen molar-refractivity contribution >= 4 is 31.9 Å². The number of halogens is 2. The van der Waals surface area contributed by atoms with E-state index in [-0.39, 0.29) is 44.5 Å². The summed E-state index contributed by atoms with van der Waals surface area (Å²) in [6.45, 7) is 6.33. The van der Waals surface area contributed by atoms with Crippen molar-refractivity contribution in [2.45, 2.75) is 108 Å². The predicted molar refractivity (Wildman–Crippen MR) is 196 cm³/mol. The van der Waals surface area contributed by atoms with Gasteiger partial charge in [-0.15, -0.1) is 0 Å². The van der Waals surface area contributed by atoms with Crippen LogP contribution < -0.4 is 16.0 Å². The molecule has 2 aromatic rings. The normalized spacial score (nSPS) is 16.3. The Kier molecular flexibility index (Phi) is 16.9. The van der Waals surface area contributed by atoms with Crippen LogP contribution in [0.4, 0.5) is 13.6 Å². The molecule has 1 aliphatic heterocycles. The molecular weight excluding hydrogens is 719 g/mol. The van der Waals surface area contributed by atoms with Gasteiger partial charge < -0.3 is 25.8 Å². The highest BCUT2D eigenvalue weighted by Gasteiger charge is 2.35. The zero-order valence-corrected chi connectivity index (χ0v) is 32.1. The summed E-state index contributed by atoms with van der Waals surface area (Å²) in [4.78, 5) is 27.1. The number of carbonyl (C=O) groups is 2. The lowest BCUT2D eigenvalue weighted by molar-refractivity contribution is -0.124. The third-order valence-corrected chi connectivity index (χ3v) is 12.7. The van der Waals surface area contributed by atoms with Gasteiger partial charge in [0.05, 0.1) is 29.4 Å². The minimum Gasteiger partial charge on any atom is -0.446 e. The molecule has 1 saturated heterocycles. The Bertz CT molecular complexity index is 1660. The summed E-state index contributed by atoms with van der Waals surface area (Å²) in [5.74, 6) is -3.39. The number of aryl methyl sites for hydroxylation is 1. The fraction of sp³-hybridized carbons (Fsp3) is 0.611. The second-order valence-electron chi connectivity index (χ2n) is 13.5. The lowest BCUT2D eigenvalue weighted by Crippen LogP contribution is -2.57.